The number of rotatable bonds is 7. The Hall–Kier alpha value is -0.610. The van der Waals surface area contributed by atoms with Crippen molar-refractivity contribution in [3.8, 4) is 0 Å². The van der Waals surface area contributed by atoms with Crippen molar-refractivity contribution in [1.29, 1.82) is 0 Å². The monoisotopic (exact) mass is 480 g/mol. The van der Waals surface area contributed by atoms with Crippen LogP contribution in [0, 0.1) is 0 Å². The van der Waals surface area contributed by atoms with Gasteiger partial charge in [-0.15, -0.1) is 35.3 Å². The van der Waals surface area contributed by atoms with Crippen LogP contribution in [0.2, 0.25) is 0 Å². The summed E-state index contributed by atoms with van der Waals surface area (Å²) >= 11 is 1.69. The van der Waals surface area contributed by atoms with Crippen molar-refractivity contribution in [1.82, 2.24) is 14.8 Å². The van der Waals surface area contributed by atoms with Gasteiger partial charge >= 0.3 is 0 Å². The summed E-state index contributed by atoms with van der Waals surface area (Å²) in [6.45, 7) is 14.6. The molecule has 0 saturated carbocycles. The Kier molecular flexibility index (Phi) is 10.0. The fraction of sp³-hybridized carbons (Fsp3) is 0.765. The van der Waals surface area contributed by atoms with Gasteiger partial charge in [0.2, 0.25) is 0 Å². The third kappa shape index (κ3) is 6.90. The predicted octanol–water partition coefficient (Wildman–Crippen LogP) is 2.71. The van der Waals surface area contributed by atoms with Crippen LogP contribution in [0.5, 0.6) is 0 Å². The number of nitrogens with zero attached hydrogens (tertiary/aromatic N) is 5. The molecule has 0 atom stereocenters. The van der Waals surface area contributed by atoms with Gasteiger partial charge in [0.25, 0.3) is 0 Å². The number of hydrogen-bond acceptors (Lipinski definition) is 5. The molecule has 2 N–H and O–H groups in total. The molecule has 1 fully saturated rings. The van der Waals surface area contributed by atoms with Crippen molar-refractivity contribution in [3.05, 3.63) is 11.6 Å². The second-order valence-corrected chi connectivity index (χ2v) is 7.68. The highest BCUT2D eigenvalue weighted by molar-refractivity contribution is 14.0. The molecule has 2 rings (SSSR count). The van der Waals surface area contributed by atoms with E-state index in [0.717, 1.165) is 50.8 Å². The van der Waals surface area contributed by atoms with Crippen molar-refractivity contribution < 1.29 is 0 Å². The highest BCUT2D eigenvalue weighted by Gasteiger charge is 2.19. The number of anilines is 1. The van der Waals surface area contributed by atoms with Gasteiger partial charge in [-0.25, -0.2) is 4.98 Å². The molecular weight excluding hydrogens is 447 g/mol. The average molecular weight is 480 g/mol. The molecular formula is C17H33IN6S. The lowest BCUT2D eigenvalue weighted by molar-refractivity contribution is 0.174. The number of halogens is 1. The van der Waals surface area contributed by atoms with Gasteiger partial charge in [-0.05, 0) is 34.1 Å². The number of guanidine groups is 1. The SMILES string of the molecule is CC(C)N(CCCN=C(N)N1CCN(c2nccs2)CC1)C(C)C.I. The van der Waals surface area contributed by atoms with E-state index in [4.69, 9.17) is 5.73 Å². The molecule has 2 heterocycles. The number of nitrogens with two attached hydrogens (primary N) is 1. The second-order valence-electron chi connectivity index (χ2n) is 6.81. The van der Waals surface area contributed by atoms with Gasteiger partial charge in [-0.1, -0.05) is 0 Å². The predicted molar refractivity (Wildman–Crippen MR) is 119 cm³/mol. The summed E-state index contributed by atoms with van der Waals surface area (Å²) in [6, 6.07) is 1.15. The molecule has 1 aromatic heterocycles. The molecule has 0 radical (unpaired) electrons. The first-order chi connectivity index (χ1) is 11.5. The van der Waals surface area contributed by atoms with E-state index in [2.05, 4.69) is 52.4 Å². The van der Waals surface area contributed by atoms with Crippen LogP contribution in [0.4, 0.5) is 5.13 Å². The van der Waals surface area contributed by atoms with Crippen LogP contribution in [0.15, 0.2) is 16.6 Å². The summed E-state index contributed by atoms with van der Waals surface area (Å²) in [5, 5.41) is 3.13. The Labute approximate surface area is 173 Å². The van der Waals surface area contributed by atoms with Crippen LogP contribution >= 0.6 is 35.3 Å². The van der Waals surface area contributed by atoms with E-state index in [9.17, 15) is 0 Å². The van der Waals surface area contributed by atoms with E-state index in [1.807, 2.05) is 11.6 Å². The second kappa shape index (κ2) is 11.2. The lowest BCUT2D eigenvalue weighted by Crippen LogP contribution is -2.51. The van der Waals surface area contributed by atoms with Crippen molar-refractivity contribution in [2.45, 2.75) is 46.2 Å². The van der Waals surface area contributed by atoms with Crippen LogP contribution in [0.1, 0.15) is 34.1 Å². The van der Waals surface area contributed by atoms with Crippen LogP contribution in [-0.4, -0.2) is 72.1 Å². The molecule has 8 heteroatoms. The highest BCUT2D eigenvalue weighted by atomic mass is 127. The zero-order valence-electron chi connectivity index (χ0n) is 15.9. The molecule has 1 aliphatic rings. The Morgan fingerprint density at radius 3 is 2.40 bits per heavy atom. The maximum Gasteiger partial charge on any atom is 0.191 e. The summed E-state index contributed by atoms with van der Waals surface area (Å²) in [5.41, 5.74) is 6.18. The summed E-state index contributed by atoms with van der Waals surface area (Å²) in [5.74, 6) is 0.689. The zero-order chi connectivity index (χ0) is 17.5. The van der Waals surface area contributed by atoms with Gasteiger partial charge in [0.05, 0.1) is 0 Å². The van der Waals surface area contributed by atoms with E-state index in [1.54, 1.807) is 11.3 Å². The first kappa shape index (κ1) is 22.4. The van der Waals surface area contributed by atoms with E-state index < -0.39 is 0 Å². The third-order valence-corrected chi connectivity index (χ3v) is 5.30. The lowest BCUT2D eigenvalue weighted by atomic mass is 10.2. The van der Waals surface area contributed by atoms with E-state index in [1.165, 1.54) is 0 Å². The Morgan fingerprint density at radius 2 is 1.88 bits per heavy atom. The summed E-state index contributed by atoms with van der Waals surface area (Å²) in [4.78, 5) is 16.0. The number of thiazole rings is 1. The van der Waals surface area contributed by atoms with E-state index in [-0.39, 0.29) is 24.0 Å². The molecule has 0 amide bonds. The summed E-state index contributed by atoms with van der Waals surface area (Å²) < 4.78 is 0. The first-order valence-corrected chi connectivity index (χ1v) is 9.82. The van der Waals surface area contributed by atoms with E-state index in [0.29, 0.717) is 18.0 Å². The zero-order valence-corrected chi connectivity index (χ0v) is 19.0. The molecule has 144 valence electrons. The van der Waals surface area contributed by atoms with Crippen molar-refractivity contribution >= 4 is 46.4 Å². The molecule has 1 aromatic rings. The van der Waals surface area contributed by atoms with Crippen molar-refractivity contribution in [2.75, 3.05) is 44.2 Å². The molecule has 0 unspecified atom stereocenters. The first-order valence-electron chi connectivity index (χ1n) is 8.94. The Morgan fingerprint density at radius 1 is 1.24 bits per heavy atom. The number of aromatic nitrogens is 1. The quantitative estimate of drug-likeness (QED) is 0.282. The van der Waals surface area contributed by atoms with Gasteiger partial charge < -0.3 is 15.5 Å². The largest absolute Gasteiger partial charge is 0.370 e. The molecule has 25 heavy (non-hydrogen) atoms. The molecule has 1 saturated heterocycles. The Balaban J connectivity index is 0.00000312. The minimum Gasteiger partial charge on any atom is -0.370 e. The summed E-state index contributed by atoms with van der Waals surface area (Å²) in [6.07, 6.45) is 2.91. The lowest BCUT2D eigenvalue weighted by Gasteiger charge is -2.35. The fourth-order valence-electron chi connectivity index (χ4n) is 3.16. The molecule has 0 aliphatic carbocycles. The number of aliphatic imine (C=N–C) groups is 1. The molecule has 0 aromatic carbocycles. The standard InChI is InChI=1S/C17H32N6S.HI/c1-14(2)23(15(3)4)8-5-6-19-16(18)21-9-11-22(12-10-21)17-20-7-13-24-17;/h7,13-15H,5-6,8-12H2,1-4H3,(H2,18,19);1H. The topological polar surface area (TPSA) is 61.0 Å². The normalized spacial score (nSPS) is 16.0. The Bertz CT molecular complexity index is 489. The maximum atomic E-state index is 6.18. The maximum absolute atomic E-state index is 6.18. The highest BCUT2D eigenvalue weighted by Crippen LogP contribution is 2.18. The van der Waals surface area contributed by atoms with Crippen molar-refractivity contribution in [3.63, 3.8) is 0 Å². The molecule has 6 nitrogen and oxygen atoms in total. The smallest absolute Gasteiger partial charge is 0.191 e. The van der Waals surface area contributed by atoms with E-state index >= 15 is 0 Å². The molecule has 1 aliphatic heterocycles. The molecule has 0 spiro atoms. The number of piperazine rings is 1. The average Bonchev–Trinajstić information content (AvgIpc) is 3.08. The van der Waals surface area contributed by atoms with Crippen LogP contribution in [0.25, 0.3) is 0 Å². The van der Waals surface area contributed by atoms with Crippen LogP contribution < -0.4 is 10.6 Å². The molecule has 0 bridgehead atoms. The van der Waals surface area contributed by atoms with Gasteiger partial charge in [0.1, 0.15) is 0 Å². The third-order valence-electron chi connectivity index (χ3n) is 4.47. The minimum atomic E-state index is 0. The number of hydrogen-bond donors (Lipinski definition) is 1. The van der Waals surface area contributed by atoms with Gasteiger partial charge in [0, 0.05) is 62.9 Å². The van der Waals surface area contributed by atoms with Gasteiger partial charge in [-0.3, -0.25) is 9.89 Å². The van der Waals surface area contributed by atoms with Crippen LogP contribution in [-0.2, 0) is 0 Å². The van der Waals surface area contributed by atoms with Gasteiger partial charge in [0.15, 0.2) is 11.1 Å². The van der Waals surface area contributed by atoms with Crippen molar-refractivity contribution in [2.24, 2.45) is 10.7 Å². The van der Waals surface area contributed by atoms with Gasteiger partial charge in [-0.2, -0.15) is 0 Å². The van der Waals surface area contributed by atoms with Crippen LogP contribution in [0.3, 0.4) is 0 Å². The summed E-state index contributed by atoms with van der Waals surface area (Å²) in [7, 11) is 0. The minimum absolute atomic E-state index is 0. The fourth-order valence-corrected chi connectivity index (χ4v) is 3.86.